The third-order valence-corrected chi connectivity index (χ3v) is 5.09. The van der Waals surface area contributed by atoms with Crippen LogP contribution in [0.15, 0.2) is 24.3 Å². The maximum absolute atomic E-state index is 12.5. The fraction of sp³-hybridized carbons (Fsp3) is 0.562. The van der Waals surface area contributed by atoms with Crippen LogP contribution in [0.4, 0.5) is 5.69 Å². The SMILES string of the molecule is CCC1CN(C)c2ccccc2CN1C(=O)CCS(C)(=O)=O. The summed E-state index contributed by atoms with van der Waals surface area (Å²) in [7, 11) is -1.09. The second-order valence-electron chi connectivity index (χ2n) is 5.97. The summed E-state index contributed by atoms with van der Waals surface area (Å²) in [5.41, 5.74) is 2.24. The Morgan fingerprint density at radius 2 is 2.00 bits per heavy atom. The van der Waals surface area contributed by atoms with Crippen molar-refractivity contribution in [1.82, 2.24) is 4.90 Å². The molecule has 22 heavy (non-hydrogen) atoms. The lowest BCUT2D eigenvalue weighted by atomic mass is 10.1. The number of hydrogen-bond acceptors (Lipinski definition) is 4. The number of amides is 1. The second-order valence-corrected chi connectivity index (χ2v) is 8.23. The Kier molecular flexibility index (Phi) is 5.11. The molecule has 1 aliphatic heterocycles. The fourth-order valence-corrected chi connectivity index (χ4v) is 3.45. The molecule has 0 saturated heterocycles. The van der Waals surface area contributed by atoms with E-state index in [2.05, 4.69) is 17.9 Å². The lowest BCUT2D eigenvalue weighted by Gasteiger charge is -2.30. The van der Waals surface area contributed by atoms with Crippen LogP contribution in [0, 0.1) is 0 Å². The Morgan fingerprint density at radius 3 is 2.64 bits per heavy atom. The topological polar surface area (TPSA) is 57.7 Å². The Balaban J connectivity index is 2.23. The van der Waals surface area contributed by atoms with Gasteiger partial charge in [0, 0.05) is 44.5 Å². The van der Waals surface area contributed by atoms with E-state index in [-0.39, 0.29) is 24.1 Å². The fourth-order valence-electron chi connectivity index (χ4n) is 2.90. The maximum Gasteiger partial charge on any atom is 0.224 e. The number of fused-ring (bicyclic) bond motifs is 1. The van der Waals surface area contributed by atoms with Crippen molar-refractivity contribution < 1.29 is 13.2 Å². The number of para-hydroxylation sites is 1. The van der Waals surface area contributed by atoms with E-state index in [4.69, 9.17) is 0 Å². The number of sulfone groups is 1. The molecule has 1 aliphatic rings. The molecule has 0 bridgehead atoms. The second kappa shape index (κ2) is 6.69. The lowest BCUT2D eigenvalue weighted by Crippen LogP contribution is -2.43. The molecule has 1 amide bonds. The predicted octanol–water partition coefficient (Wildman–Crippen LogP) is 1.68. The van der Waals surface area contributed by atoms with Crippen molar-refractivity contribution in [3.05, 3.63) is 29.8 Å². The van der Waals surface area contributed by atoms with E-state index in [1.54, 1.807) is 0 Å². The summed E-state index contributed by atoms with van der Waals surface area (Å²) < 4.78 is 22.6. The minimum Gasteiger partial charge on any atom is -0.372 e. The van der Waals surface area contributed by atoms with Crippen molar-refractivity contribution in [2.45, 2.75) is 32.4 Å². The lowest BCUT2D eigenvalue weighted by molar-refractivity contribution is -0.133. The van der Waals surface area contributed by atoms with Gasteiger partial charge < -0.3 is 9.80 Å². The molecule has 122 valence electrons. The van der Waals surface area contributed by atoms with E-state index in [1.807, 2.05) is 30.1 Å². The average molecular weight is 324 g/mol. The van der Waals surface area contributed by atoms with Crippen molar-refractivity contribution in [3.63, 3.8) is 0 Å². The molecule has 0 spiro atoms. The Hall–Kier alpha value is -1.56. The smallest absolute Gasteiger partial charge is 0.224 e. The van der Waals surface area contributed by atoms with Gasteiger partial charge in [-0.2, -0.15) is 0 Å². The van der Waals surface area contributed by atoms with E-state index in [0.717, 1.165) is 24.2 Å². The highest BCUT2D eigenvalue weighted by atomic mass is 32.2. The van der Waals surface area contributed by atoms with Gasteiger partial charge in [0.05, 0.1) is 5.75 Å². The quantitative estimate of drug-likeness (QED) is 0.845. The molecule has 6 heteroatoms. The highest BCUT2D eigenvalue weighted by molar-refractivity contribution is 7.90. The van der Waals surface area contributed by atoms with Gasteiger partial charge in [-0.15, -0.1) is 0 Å². The molecule has 1 heterocycles. The summed E-state index contributed by atoms with van der Waals surface area (Å²) in [6, 6.07) is 8.16. The van der Waals surface area contributed by atoms with Crippen LogP contribution in [0.2, 0.25) is 0 Å². The Labute approximate surface area is 132 Å². The summed E-state index contributed by atoms with van der Waals surface area (Å²) in [6.45, 7) is 3.37. The largest absolute Gasteiger partial charge is 0.372 e. The molecule has 1 atom stereocenters. The highest BCUT2D eigenvalue weighted by Gasteiger charge is 2.28. The molecular weight excluding hydrogens is 300 g/mol. The monoisotopic (exact) mass is 324 g/mol. The molecule has 2 rings (SSSR count). The van der Waals surface area contributed by atoms with Crippen molar-refractivity contribution in [2.75, 3.05) is 30.5 Å². The summed E-state index contributed by atoms with van der Waals surface area (Å²) in [5.74, 6) is -0.168. The molecule has 0 saturated carbocycles. The number of likely N-dealkylation sites (N-methyl/N-ethyl adjacent to an activating group) is 1. The number of hydrogen-bond donors (Lipinski definition) is 0. The molecule has 1 aromatic carbocycles. The molecule has 0 N–H and O–H groups in total. The molecule has 5 nitrogen and oxygen atoms in total. The van der Waals surface area contributed by atoms with Gasteiger partial charge >= 0.3 is 0 Å². The van der Waals surface area contributed by atoms with Gasteiger partial charge in [0.1, 0.15) is 9.84 Å². The van der Waals surface area contributed by atoms with Gasteiger partial charge in [-0.1, -0.05) is 25.1 Å². The van der Waals surface area contributed by atoms with Crippen LogP contribution in [-0.2, 0) is 21.2 Å². The summed E-state index contributed by atoms with van der Waals surface area (Å²) >= 11 is 0. The Morgan fingerprint density at radius 1 is 1.32 bits per heavy atom. The van der Waals surface area contributed by atoms with E-state index in [0.29, 0.717) is 6.54 Å². The number of anilines is 1. The van der Waals surface area contributed by atoms with Crippen LogP contribution in [0.25, 0.3) is 0 Å². The zero-order valence-corrected chi connectivity index (χ0v) is 14.3. The number of rotatable bonds is 4. The van der Waals surface area contributed by atoms with Gasteiger partial charge in [-0.3, -0.25) is 4.79 Å². The van der Waals surface area contributed by atoms with E-state index in [1.165, 1.54) is 6.26 Å². The van der Waals surface area contributed by atoms with Crippen LogP contribution < -0.4 is 4.90 Å². The van der Waals surface area contributed by atoms with Crippen molar-refractivity contribution in [2.24, 2.45) is 0 Å². The standard InChI is InChI=1S/C16H24N2O3S/c1-4-14-12-17(2)15-8-6-5-7-13(15)11-18(14)16(19)9-10-22(3,20)21/h5-8,14H,4,9-12H2,1-3H3. The first kappa shape index (κ1) is 16.8. The van der Waals surface area contributed by atoms with Crippen molar-refractivity contribution in [3.8, 4) is 0 Å². The zero-order valence-electron chi connectivity index (χ0n) is 13.4. The van der Waals surface area contributed by atoms with Crippen LogP contribution in [-0.4, -0.2) is 50.9 Å². The minimum absolute atomic E-state index is 0.0568. The highest BCUT2D eigenvalue weighted by Crippen LogP contribution is 2.27. The summed E-state index contributed by atoms with van der Waals surface area (Å²) in [4.78, 5) is 16.5. The first-order valence-corrected chi connectivity index (χ1v) is 9.64. The van der Waals surface area contributed by atoms with Gasteiger partial charge in [-0.05, 0) is 18.1 Å². The van der Waals surface area contributed by atoms with E-state index < -0.39 is 9.84 Å². The van der Waals surface area contributed by atoms with E-state index in [9.17, 15) is 13.2 Å². The molecule has 1 aromatic rings. The van der Waals surface area contributed by atoms with E-state index >= 15 is 0 Å². The summed E-state index contributed by atoms with van der Waals surface area (Å²) in [5, 5.41) is 0. The minimum atomic E-state index is -3.12. The van der Waals surface area contributed by atoms with Crippen molar-refractivity contribution in [1.29, 1.82) is 0 Å². The normalized spacial score (nSPS) is 18.8. The van der Waals surface area contributed by atoms with Crippen LogP contribution in [0.5, 0.6) is 0 Å². The van der Waals surface area contributed by atoms with Crippen LogP contribution in [0.1, 0.15) is 25.3 Å². The third kappa shape index (κ3) is 4.00. The van der Waals surface area contributed by atoms with Gasteiger partial charge in [0.25, 0.3) is 0 Å². The third-order valence-electron chi connectivity index (χ3n) is 4.15. The van der Waals surface area contributed by atoms with Crippen molar-refractivity contribution >= 4 is 21.4 Å². The molecular formula is C16H24N2O3S. The maximum atomic E-state index is 12.5. The van der Waals surface area contributed by atoms with Crippen LogP contribution >= 0.6 is 0 Å². The van der Waals surface area contributed by atoms with Crippen LogP contribution in [0.3, 0.4) is 0 Å². The Bertz CT molecular complexity index is 643. The number of benzene rings is 1. The average Bonchev–Trinajstić information content (AvgIpc) is 2.61. The number of carbonyl (C=O) groups excluding carboxylic acids is 1. The van der Waals surface area contributed by atoms with Gasteiger partial charge in [-0.25, -0.2) is 8.42 Å². The summed E-state index contributed by atoms with van der Waals surface area (Å²) in [6.07, 6.45) is 2.08. The number of nitrogens with zero attached hydrogens (tertiary/aromatic N) is 2. The number of carbonyl (C=O) groups is 1. The molecule has 0 aromatic heterocycles. The zero-order chi connectivity index (χ0) is 16.3. The van der Waals surface area contributed by atoms with Gasteiger partial charge in [0.15, 0.2) is 0 Å². The molecule has 0 radical (unpaired) electrons. The molecule has 0 fully saturated rings. The molecule has 1 unspecified atom stereocenters. The predicted molar refractivity (Wildman–Crippen MR) is 88.7 cm³/mol. The first-order valence-electron chi connectivity index (χ1n) is 7.58. The first-order chi connectivity index (χ1) is 10.3. The van der Waals surface area contributed by atoms with Gasteiger partial charge in [0.2, 0.25) is 5.91 Å². The molecule has 0 aliphatic carbocycles.